The average Bonchev–Trinajstić information content (AvgIpc) is 2.61. The van der Waals surface area contributed by atoms with E-state index in [9.17, 15) is 24.0 Å². The topological polar surface area (TPSA) is 177 Å². The molecule has 0 aliphatic carbocycles. The van der Waals surface area contributed by atoms with Gasteiger partial charge >= 0.3 is 11.9 Å². The highest BCUT2D eigenvalue weighted by molar-refractivity contribution is 5.95. The SMILES string of the molecule is COC(=O)[C@@H](NC(=O)[C@H](NC(=O)[C@H](CC(=O)O)NC(=O)CN)C(C)C)C(C)C. The molecule has 0 aromatic carbocycles. The molecule has 0 unspecified atom stereocenters. The summed E-state index contributed by atoms with van der Waals surface area (Å²) < 4.78 is 4.67. The lowest BCUT2D eigenvalue weighted by molar-refractivity contribution is -0.147. The first-order valence-corrected chi connectivity index (χ1v) is 8.84. The molecule has 0 fully saturated rings. The van der Waals surface area contributed by atoms with Gasteiger partial charge < -0.3 is 31.5 Å². The predicted molar refractivity (Wildman–Crippen MR) is 98.8 cm³/mol. The van der Waals surface area contributed by atoms with Crippen LogP contribution in [0, 0.1) is 11.8 Å². The third-order valence-corrected chi connectivity index (χ3v) is 3.88. The van der Waals surface area contributed by atoms with Crippen molar-refractivity contribution in [1.29, 1.82) is 0 Å². The van der Waals surface area contributed by atoms with E-state index in [-0.39, 0.29) is 11.8 Å². The second-order valence-corrected chi connectivity index (χ2v) is 6.91. The van der Waals surface area contributed by atoms with E-state index in [1.165, 1.54) is 7.11 Å². The molecule has 0 aliphatic rings. The molecule has 0 spiro atoms. The van der Waals surface area contributed by atoms with Crippen molar-refractivity contribution < 1.29 is 33.8 Å². The molecule has 3 amide bonds. The van der Waals surface area contributed by atoms with Crippen LogP contribution in [-0.2, 0) is 28.7 Å². The van der Waals surface area contributed by atoms with Gasteiger partial charge in [-0.1, -0.05) is 27.7 Å². The van der Waals surface area contributed by atoms with Crippen LogP contribution in [-0.4, -0.2) is 66.5 Å². The van der Waals surface area contributed by atoms with Gasteiger partial charge in [0.05, 0.1) is 20.1 Å². The number of aliphatic carboxylic acids is 1. The van der Waals surface area contributed by atoms with Crippen LogP contribution in [0.25, 0.3) is 0 Å². The Bertz CT molecular complexity index is 592. The smallest absolute Gasteiger partial charge is 0.328 e. The minimum absolute atomic E-state index is 0.261. The Kier molecular flexibility index (Phi) is 10.8. The van der Waals surface area contributed by atoms with Crippen molar-refractivity contribution in [3.63, 3.8) is 0 Å². The molecule has 6 N–H and O–H groups in total. The molecular weight excluding hydrogens is 372 g/mol. The van der Waals surface area contributed by atoms with E-state index in [1.807, 2.05) is 0 Å². The number of nitrogens with two attached hydrogens (primary N) is 1. The lowest BCUT2D eigenvalue weighted by Crippen LogP contribution is -2.58. The van der Waals surface area contributed by atoms with Crippen molar-refractivity contribution in [1.82, 2.24) is 16.0 Å². The van der Waals surface area contributed by atoms with Gasteiger partial charge in [-0.25, -0.2) is 4.79 Å². The molecule has 0 bridgehead atoms. The number of hydrogen-bond donors (Lipinski definition) is 5. The van der Waals surface area contributed by atoms with Gasteiger partial charge in [0.25, 0.3) is 0 Å². The van der Waals surface area contributed by atoms with Crippen LogP contribution in [0.5, 0.6) is 0 Å². The highest BCUT2D eigenvalue weighted by atomic mass is 16.5. The lowest BCUT2D eigenvalue weighted by atomic mass is 9.99. The van der Waals surface area contributed by atoms with Crippen LogP contribution in [0.2, 0.25) is 0 Å². The van der Waals surface area contributed by atoms with Gasteiger partial charge in [-0.15, -0.1) is 0 Å². The van der Waals surface area contributed by atoms with E-state index in [2.05, 4.69) is 20.7 Å². The molecule has 0 rings (SSSR count). The number of methoxy groups -OCH3 is 1. The zero-order valence-corrected chi connectivity index (χ0v) is 16.8. The second-order valence-electron chi connectivity index (χ2n) is 6.91. The maximum absolute atomic E-state index is 12.6. The molecule has 0 aromatic heterocycles. The van der Waals surface area contributed by atoms with Crippen LogP contribution >= 0.6 is 0 Å². The number of ether oxygens (including phenoxy) is 1. The normalized spacial score (nSPS) is 14.0. The summed E-state index contributed by atoms with van der Waals surface area (Å²) in [6.07, 6.45) is -0.680. The van der Waals surface area contributed by atoms with E-state index >= 15 is 0 Å². The molecule has 0 saturated heterocycles. The highest BCUT2D eigenvalue weighted by Crippen LogP contribution is 2.08. The predicted octanol–water partition coefficient (Wildman–Crippen LogP) is -1.64. The number of amides is 3. The van der Waals surface area contributed by atoms with Gasteiger partial charge in [0.1, 0.15) is 18.1 Å². The van der Waals surface area contributed by atoms with E-state index in [0.717, 1.165) is 0 Å². The molecule has 11 heteroatoms. The molecule has 160 valence electrons. The van der Waals surface area contributed by atoms with Gasteiger partial charge in [0.2, 0.25) is 17.7 Å². The van der Waals surface area contributed by atoms with Crippen LogP contribution in [0.3, 0.4) is 0 Å². The number of hydrogen-bond acceptors (Lipinski definition) is 7. The Morgan fingerprint density at radius 2 is 1.39 bits per heavy atom. The third kappa shape index (κ3) is 8.33. The first-order valence-electron chi connectivity index (χ1n) is 8.84. The number of esters is 1. The zero-order chi connectivity index (χ0) is 22.0. The Morgan fingerprint density at radius 1 is 0.893 bits per heavy atom. The lowest BCUT2D eigenvalue weighted by Gasteiger charge is -2.27. The molecule has 11 nitrogen and oxygen atoms in total. The Labute approximate surface area is 163 Å². The first kappa shape index (κ1) is 25.3. The van der Waals surface area contributed by atoms with E-state index in [1.54, 1.807) is 27.7 Å². The van der Waals surface area contributed by atoms with Crippen molar-refractivity contribution in [2.24, 2.45) is 17.6 Å². The maximum atomic E-state index is 12.6. The molecule has 28 heavy (non-hydrogen) atoms. The van der Waals surface area contributed by atoms with Crippen molar-refractivity contribution in [3.8, 4) is 0 Å². The quantitative estimate of drug-likeness (QED) is 0.255. The molecular formula is C17H30N4O7. The standard InChI is InChI=1S/C17H30N4O7/c1-8(2)13(16(26)21-14(9(3)4)17(27)28-5)20-15(25)10(6-12(23)24)19-11(22)7-18/h8-10,13-14H,6-7,18H2,1-5H3,(H,19,22)(H,20,25)(H,21,26)(H,23,24)/t10-,13+,14-/m0/s1. The first-order chi connectivity index (χ1) is 12.9. The van der Waals surface area contributed by atoms with E-state index in [4.69, 9.17) is 10.8 Å². The van der Waals surface area contributed by atoms with Crippen molar-refractivity contribution in [2.75, 3.05) is 13.7 Å². The summed E-state index contributed by atoms with van der Waals surface area (Å²) in [7, 11) is 1.20. The fourth-order valence-corrected chi connectivity index (χ4v) is 2.29. The summed E-state index contributed by atoms with van der Waals surface area (Å²) in [6, 6.07) is -3.38. The number of carboxylic acids is 1. The van der Waals surface area contributed by atoms with E-state index in [0.29, 0.717) is 0 Å². The third-order valence-electron chi connectivity index (χ3n) is 3.88. The fraction of sp³-hybridized carbons (Fsp3) is 0.706. The number of rotatable bonds is 11. The van der Waals surface area contributed by atoms with E-state index < -0.39 is 60.8 Å². The molecule has 0 heterocycles. The number of nitrogens with one attached hydrogen (secondary N) is 3. The summed E-state index contributed by atoms with van der Waals surface area (Å²) in [5.74, 6) is -4.78. The van der Waals surface area contributed by atoms with Crippen molar-refractivity contribution in [3.05, 3.63) is 0 Å². The zero-order valence-electron chi connectivity index (χ0n) is 16.8. The largest absolute Gasteiger partial charge is 0.481 e. The summed E-state index contributed by atoms with van der Waals surface area (Å²) in [6.45, 7) is 6.34. The number of carboxylic acid groups (broad SMARTS) is 1. The molecule has 0 radical (unpaired) electrons. The maximum Gasteiger partial charge on any atom is 0.328 e. The van der Waals surface area contributed by atoms with Gasteiger partial charge in [0, 0.05) is 0 Å². The fourth-order valence-electron chi connectivity index (χ4n) is 2.29. The monoisotopic (exact) mass is 402 g/mol. The number of carbonyl (C=O) groups excluding carboxylic acids is 4. The summed E-state index contributed by atoms with van der Waals surface area (Å²) >= 11 is 0. The Hall–Kier alpha value is -2.69. The molecule has 0 saturated carbocycles. The summed E-state index contributed by atoms with van der Waals surface area (Å²) in [5.41, 5.74) is 5.17. The van der Waals surface area contributed by atoms with Gasteiger partial charge in [0.15, 0.2) is 0 Å². The molecule has 0 aromatic rings. The minimum atomic E-state index is -1.40. The van der Waals surface area contributed by atoms with Crippen LogP contribution < -0.4 is 21.7 Å². The Morgan fingerprint density at radius 3 is 1.79 bits per heavy atom. The van der Waals surface area contributed by atoms with Gasteiger partial charge in [-0.3, -0.25) is 19.2 Å². The Balaban J connectivity index is 5.36. The second kappa shape index (κ2) is 11.9. The van der Waals surface area contributed by atoms with Crippen molar-refractivity contribution in [2.45, 2.75) is 52.2 Å². The summed E-state index contributed by atoms with van der Waals surface area (Å²) in [4.78, 5) is 59.3. The van der Waals surface area contributed by atoms with Crippen molar-refractivity contribution >= 4 is 29.7 Å². The number of carbonyl (C=O) groups is 5. The highest BCUT2D eigenvalue weighted by Gasteiger charge is 2.33. The van der Waals surface area contributed by atoms with Crippen LogP contribution in [0.15, 0.2) is 0 Å². The van der Waals surface area contributed by atoms with Gasteiger partial charge in [-0.05, 0) is 11.8 Å². The van der Waals surface area contributed by atoms with Crippen LogP contribution in [0.1, 0.15) is 34.1 Å². The molecule has 3 atom stereocenters. The average molecular weight is 402 g/mol. The summed E-state index contributed by atoms with van der Waals surface area (Å²) in [5, 5.41) is 16.1. The minimum Gasteiger partial charge on any atom is -0.481 e. The van der Waals surface area contributed by atoms with Crippen LogP contribution in [0.4, 0.5) is 0 Å². The van der Waals surface area contributed by atoms with Gasteiger partial charge in [-0.2, -0.15) is 0 Å². The molecule has 0 aliphatic heterocycles.